The minimum absolute atomic E-state index is 0.254. The topological polar surface area (TPSA) is 35.2 Å². The quantitative estimate of drug-likeness (QED) is 0.858. The Kier molecular flexibility index (Phi) is 3.36. The van der Waals surface area contributed by atoms with Gasteiger partial charge < -0.3 is 10.5 Å². The number of halogens is 3. The average molecular weight is 296 g/mol. The maximum atomic E-state index is 13.3. The average Bonchev–Trinajstić information content (AvgIpc) is 2.42. The Balaban J connectivity index is 1.94. The van der Waals surface area contributed by atoms with Gasteiger partial charge in [0.25, 0.3) is 0 Å². The van der Waals surface area contributed by atoms with Crippen LogP contribution in [0.15, 0.2) is 36.4 Å². The van der Waals surface area contributed by atoms with Crippen LogP contribution in [0.25, 0.3) is 0 Å². The van der Waals surface area contributed by atoms with Crippen LogP contribution in [0.2, 0.25) is 5.02 Å². The maximum Gasteiger partial charge on any atom is 0.159 e. The Morgan fingerprint density at radius 2 is 1.90 bits per heavy atom. The zero-order chi connectivity index (χ0) is 14.3. The Labute approximate surface area is 120 Å². The first-order valence-electron chi connectivity index (χ1n) is 6.21. The molecule has 1 heterocycles. The van der Waals surface area contributed by atoms with Gasteiger partial charge in [0.1, 0.15) is 11.9 Å². The van der Waals surface area contributed by atoms with Crippen molar-refractivity contribution in [2.75, 3.05) is 0 Å². The van der Waals surface area contributed by atoms with Gasteiger partial charge in [-0.15, -0.1) is 0 Å². The van der Waals surface area contributed by atoms with Crippen molar-refractivity contribution in [3.8, 4) is 5.75 Å². The highest BCUT2D eigenvalue weighted by Crippen LogP contribution is 2.40. The highest BCUT2D eigenvalue weighted by molar-refractivity contribution is 6.30. The predicted molar refractivity (Wildman–Crippen MR) is 72.7 cm³/mol. The summed E-state index contributed by atoms with van der Waals surface area (Å²) in [5, 5.41) is 0.592. The zero-order valence-corrected chi connectivity index (χ0v) is 11.2. The van der Waals surface area contributed by atoms with Crippen LogP contribution in [0.1, 0.15) is 29.7 Å². The van der Waals surface area contributed by atoms with E-state index in [-0.39, 0.29) is 6.04 Å². The summed E-state index contributed by atoms with van der Waals surface area (Å²) >= 11 is 5.93. The van der Waals surface area contributed by atoms with Crippen LogP contribution in [0.4, 0.5) is 8.78 Å². The van der Waals surface area contributed by atoms with Gasteiger partial charge in [0, 0.05) is 23.0 Å². The van der Waals surface area contributed by atoms with Crippen molar-refractivity contribution in [3.05, 3.63) is 64.2 Å². The lowest BCUT2D eigenvalue weighted by Crippen LogP contribution is -2.24. The van der Waals surface area contributed by atoms with Crippen LogP contribution in [0.5, 0.6) is 5.75 Å². The van der Waals surface area contributed by atoms with Crippen LogP contribution in [-0.4, -0.2) is 0 Å². The molecule has 2 nitrogen and oxygen atoms in total. The van der Waals surface area contributed by atoms with Gasteiger partial charge in [0.15, 0.2) is 11.6 Å². The van der Waals surface area contributed by atoms with E-state index in [0.717, 1.165) is 17.7 Å². The van der Waals surface area contributed by atoms with Gasteiger partial charge in [-0.3, -0.25) is 0 Å². The Morgan fingerprint density at radius 1 is 1.10 bits per heavy atom. The summed E-state index contributed by atoms with van der Waals surface area (Å²) in [4.78, 5) is 0. The molecule has 104 valence electrons. The molecule has 0 spiro atoms. The summed E-state index contributed by atoms with van der Waals surface area (Å²) in [6, 6.07) is 8.71. The fourth-order valence-electron chi connectivity index (χ4n) is 2.39. The fourth-order valence-corrected chi connectivity index (χ4v) is 2.57. The van der Waals surface area contributed by atoms with E-state index in [1.54, 1.807) is 18.2 Å². The summed E-state index contributed by atoms with van der Waals surface area (Å²) < 4.78 is 32.1. The normalized spacial score (nSPS) is 21.2. The molecule has 20 heavy (non-hydrogen) atoms. The minimum atomic E-state index is -0.887. The van der Waals surface area contributed by atoms with Crippen molar-refractivity contribution in [1.82, 2.24) is 0 Å². The number of rotatable bonds is 1. The number of nitrogens with two attached hydrogens (primary N) is 1. The molecular weight excluding hydrogens is 284 g/mol. The molecule has 2 aromatic rings. The van der Waals surface area contributed by atoms with E-state index in [9.17, 15) is 8.78 Å². The molecule has 0 aliphatic carbocycles. The highest BCUT2D eigenvalue weighted by atomic mass is 35.5. The van der Waals surface area contributed by atoms with Gasteiger partial charge in [-0.1, -0.05) is 17.7 Å². The lowest BCUT2D eigenvalue weighted by atomic mass is 9.93. The zero-order valence-electron chi connectivity index (χ0n) is 10.4. The van der Waals surface area contributed by atoms with Gasteiger partial charge in [0.05, 0.1) is 0 Å². The van der Waals surface area contributed by atoms with Crippen molar-refractivity contribution < 1.29 is 13.5 Å². The molecule has 0 saturated carbocycles. The van der Waals surface area contributed by atoms with E-state index in [1.807, 2.05) is 0 Å². The molecule has 3 rings (SSSR count). The van der Waals surface area contributed by atoms with Crippen molar-refractivity contribution in [3.63, 3.8) is 0 Å². The number of hydrogen-bond acceptors (Lipinski definition) is 2. The van der Waals surface area contributed by atoms with Crippen LogP contribution in [0, 0.1) is 11.6 Å². The molecule has 0 radical (unpaired) electrons. The Bertz CT molecular complexity index is 662. The Hall–Kier alpha value is -1.65. The molecule has 0 bridgehead atoms. The third-order valence-electron chi connectivity index (χ3n) is 3.42. The molecule has 0 fully saturated rings. The number of ether oxygens (including phenoxy) is 1. The van der Waals surface area contributed by atoms with E-state index in [0.29, 0.717) is 22.8 Å². The first-order chi connectivity index (χ1) is 9.54. The van der Waals surface area contributed by atoms with Gasteiger partial charge in [-0.2, -0.15) is 0 Å². The molecule has 0 saturated heterocycles. The van der Waals surface area contributed by atoms with Crippen LogP contribution < -0.4 is 10.5 Å². The van der Waals surface area contributed by atoms with Gasteiger partial charge in [-0.25, -0.2) is 8.78 Å². The SMILES string of the molecule is N[C@@H]1CC(c2ccc(F)c(F)c2)Oc2ccc(Cl)cc21. The minimum Gasteiger partial charge on any atom is -0.485 e. The fraction of sp³-hybridized carbons (Fsp3) is 0.200. The van der Waals surface area contributed by atoms with E-state index < -0.39 is 17.7 Å². The van der Waals surface area contributed by atoms with E-state index in [1.165, 1.54) is 6.07 Å². The molecule has 2 aromatic carbocycles. The van der Waals surface area contributed by atoms with Crippen molar-refractivity contribution in [2.24, 2.45) is 5.73 Å². The second-order valence-corrected chi connectivity index (χ2v) is 5.24. The largest absolute Gasteiger partial charge is 0.485 e. The van der Waals surface area contributed by atoms with Crippen molar-refractivity contribution in [2.45, 2.75) is 18.6 Å². The molecule has 0 amide bonds. The lowest BCUT2D eigenvalue weighted by Gasteiger charge is -2.30. The van der Waals surface area contributed by atoms with Gasteiger partial charge in [0.2, 0.25) is 0 Å². The smallest absolute Gasteiger partial charge is 0.159 e. The van der Waals surface area contributed by atoms with Crippen molar-refractivity contribution >= 4 is 11.6 Å². The molecule has 5 heteroatoms. The molecule has 1 aliphatic rings. The van der Waals surface area contributed by atoms with E-state index >= 15 is 0 Å². The summed E-state index contributed by atoms with van der Waals surface area (Å²) in [7, 11) is 0. The summed E-state index contributed by atoms with van der Waals surface area (Å²) in [5.74, 6) is -1.13. The van der Waals surface area contributed by atoms with Crippen LogP contribution in [0.3, 0.4) is 0 Å². The van der Waals surface area contributed by atoms with Crippen LogP contribution in [-0.2, 0) is 0 Å². The second-order valence-electron chi connectivity index (χ2n) is 4.80. The lowest BCUT2D eigenvalue weighted by molar-refractivity contribution is 0.161. The third-order valence-corrected chi connectivity index (χ3v) is 3.66. The highest BCUT2D eigenvalue weighted by Gasteiger charge is 2.27. The number of benzene rings is 2. The Morgan fingerprint density at radius 3 is 2.65 bits per heavy atom. The molecule has 0 aromatic heterocycles. The summed E-state index contributed by atoms with van der Waals surface area (Å²) in [5.41, 5.74) is 7.50. The molecule has 1 aliphatic heterocycles. The summed E-state index contributed by atoms with van der Waals surface area (Å²) in [6.07, 6.45) is 0.0899. The van der Waals surface area contributed by atoms with E-state index in [4.69, 9.17) is 22.1 Å². The summed E-state index contributed by atoms with van der Waals surface area (Å²) in [6.45, 7) is 0. The molecule has 2 atom stereocenters. The van der Waals surface area contributed by atoms with Crippen LogP contribution >= 0.6 is 11.6 Å². The standard InChI is InChI=1S/C15H12ClF2NO/c16-9-2-4-14-10(6-9)13(19)7-15(20-14)8-1-3-11(17)12(18)5-8/h1-6,13,15H,7,19H2/t13-,15?/m1/s1. The molecule has 1 unspecified atom stereocenters. The van der Waals surface area contributed by atoms with E-state index in [2.05, 4.69) is 0 Å². The van der Waals surface area contributed by atoms with Gasteiger partial charge in [-0.05, 0) is 35.9 Å². The van der Waals surface area contributed by atoms with Gasteiger partial charge >= 0.3 is 0 Å². The second kappa shape index (κ2) is 5.04. The molecule has 2 N–H and O–H groups in total. The number of hydrogen-bond donors (Lipinski definition) is 1. The number of fused-ring (bicyclic) bond motifs is 1. The predicted octanol–water partition coefficient (Wildman–Crippen LogP) is 4.14. The maximum absolute atomic E-state index is 13.3. The third kappa shape index (κ3) is 2.37. The monoisotopic (exact) mass is 295 g/mol. The van der Waals surface area contributed by atoms with Crippen molar-refractivity contribution in [1.29, 1.82) is 0 Å². The molecular formula is C15H12ClF2NO. The first-order valence-corrected chi connectivity index (χ1v) is 6.59. The first kappa shape index (κ1) is 13.3.